The van der Waals surface area contributed by atoms with E-state index in [9.17, 15) is 4.79 Å². The average Bonchev–Trinajstić information content (AvgIpc) is 3.44. The number of amides is 1. The van der Waals surface area contributed by atoms with E-state index in [0.29, 0.717) is 5.82 Å². The quantitative estimate of drug-likeness (QED) is 0.657. The largest absolute Gasteiger partial charge is 0.497 e. The van der Waals surface area contributed by atoms with Crippen molar-refractivity contribution < 1.29 is 9.53 Å². The van der Waals surface area contributed by atoms with Crippen LogP contribution in [0.1, 0.15) is 40.0 Å². The summed E-state index contributed by atoms with van der Waals surface area (Å²) in [5.41, 5.74) is 7.08. The number of carbonyl (C=O) groups excluding carboxylic acids is 1. The molecule has 7 heteroatoms. The summed E-state index contributed by atoms with van der Waals surface area (Å²) in [6.45, 7) is 1.96. The second-order valence-electron chi connectivity index (χ2n) is 9.82. The third kappa shape index (κ3) is 2.21. The predicted octanol–water partition coefficient (Wildman–Crippen LogP) is 2.71. The molecule has 2 aliphatic carbocycles. The summed E-state index contributed by atoms with van der Waals surface area (Å²) in [5, 5.41) is 3.41. The van der Waals surface area contributed by atoms with Gasteiger partial charge in [-0.05, 0) is 68.1 Å². The summed E-state index contributed by atoms with van der Waals surface area (Å²) >= 11 is 0. The third-order valence-corrected chi connectivity index (χ3v) is 8.00. The lowest BCUT2D eigenvalue weighted by molar-refractivity contribution is 0.0339. The van der Waals surface area contributed by atoms with Gasteiger partial charge in [0.2, 0.25) is 0 Å². The Morgan fingerprint density at radius 1 is 1.12 bits per heavy atom. The van der Waals surface area contributed by atoms with E-state index >= 15 is 0 Å². The van der Waals surface area contributed by atoms with Crippen molar-refractivity contribution in [3.8, 4) is 28.5 Å². The van der Waals surface area contributed by atoms with Crippen molar-refractivity contribution in [2.45, 2.75) is 36.6 Å². The van der Waals surface area contributed by atoms with E-state index < -0.39 is 0 Å². The van der Waals surface area contributed by atoms with Crippen molar-refractivity contribution in [3.05, 3.63) is 52.8 Å². The molecule has 3 aromatic rings. The van der Waals surface area contributed by atoms with E-state index in [1.807, 2.05) is 30.5 Å². The monoisotopic (exact) mass is 427 g/mol. The molecule has 0 radical (unpaired) electrons. The number of rotatable bonds is 2. The highest BCUT2D eigenvalue weighted by molar-refractivity contribution is 6.02. The number of methoxy groups -OCH3 is 1. The number of aryl methyl sites for hydroxylation is 1. The molecule has 162 valence electrons. The fourth-order valence-electron chi connectivity index (χ4n) is 6.25. The molecule has 2 aromatic heterocycles. The number of likely N-dealkylation sites (N-methyl/N-ethyl adjacent to an activating group) is 1. The molecular weight excluding hydrogens is 402 g/mol. The number of H-pyrrole nitrogens is 1. The van der Waals surface area contributed by atoms with Gasteiger partial charge in [-0.25, -0.2) is 9.97 Å². The molecule has 1 saturated heterocycles. The number of ether oxygens (including phenoxy) is 1. The molecule has 2 fully saturated rings. The van der Waals surface area contributed by atoms with Gasteiger partial charge < -0.3 is 19.9 Å². The van der Waals surface area contributed by atoms with Crippen LogP contribution in [0.2, 0.25) is 0 Å². The number of hydrogen-bond acceptors (Lipinski definition) is 5. The molecule has 1 aromatic carbocycles. The van der Waals surface area contributed by atoms with Gasteiger partial charge in [0.25, 0.3) is 5.91 Å². The van der Waals surface area contributed by atoms with E-state index in [1.165, 1.54) is 0 Å². The second kappa shape index (κ2) is 5.98. The molecule has 1 saturated carbocycles. The smallest absolute Gasteiger partial charge is 0.253 e. The number of nitrogens with one attached hydrogen (secondary N) is 2. The molecule has 0 atom stereocenters. The van der Waals surface area contributed by atoms with Crippen molar-refractivity contribution in [1.29, 1.82) is 0 Å². The molecule has 1 amide bonds. The number of likely N-dealkylation sites (tertiary alicyclic amines) is 1. The molecule has 4 aliphatic rings. The number of fused-ring (bicyclic) bond motifs is 7. The zero-order valence-corrected chi connectivity index (χ0v) is 18.3. The summed E-state index contributed by atoms with van der Waals surface area (Å²) in [7, 11) is 3.82. The molecule has 0 unspecified atom stereocenters. The Kier molecular flexibility index (Phi) is 3.44. The highest BCUT2D eigenvalue weighted by Gasteiger charge is 2.69. The average molecular weight is 428 g/mol. The Hall–Kier alpha value is -3.19. The van der Waals surface area contributed by atoms with Gasteiger partial charge in [0.1, 0.15) is 5.75 Å². The summed E-state index contributed by atoms with van der Waals surface area (Å²) < 4.78 is 5.28. The molecule has 2 N–H and O–H groups in total. The lowest BCUT2D eigenvalue weighted by atomic mass is 9.65. The first-order valence-electron chi connectivity index (χ1n) is 11.3. The van der Waals surface area contributed by atoms with Crippen LogP contribution in [0.4, 0.5) is 0 Å². The molecule has 7 rings (SSSR count). The predicted molar refractivity (Wildman–Crippen MR) is 120 cm³/mol. The molecule has 2 aliphatic heterocycles. The zero-order chi connectivity index (χ0) is 21.7. The van der Waals surface area contributed by atoms with Crippen LogP contribution in [0, 0.1) is 0 Å². The fourth-order valence-corrected chi connectivity index (χ4v) is 6.25. The normalized spacial score (nSPS) is 21.4. The number of aromatic amines is 1. The highest BCUT2D eigenvalue weighted by atomic mass is 16.5. The molecule has 2 spiro atoms. The van der Waals surface area contributed by atoms with Crippen LogP contribution in [0.15, 0.2) is 30.5 Å². The fraction of sp³-hybridized carbons (Fsp3) is 0.400. The van der Waals surface area contributed by atoms with E-state index in [2.05, 4.69) is 27.2 Å². The first kappa shape index (κ1) is 18.4. The van der Waals surface area contributed by atoms with Crippen LogP contribution in [0.25, 0.3) is 22.8 Å². The van der Waals surface area contributed by atoms with E-state index in [0.717, 1.165) is 83.9 Å². The minimum Gasteiger partial charge on any atom is -0.497 e. The van der Waals surface area contributed by atoms with Crippen molar-refractivity contribution in [3.63, 3.8) is 0 Å². The second-order valence-corrected chi connectivity index (χ2v) is 9.82. The molecule has 4 heterocycles. The van der Waals surface area contributed by atoms with Gasteiger partial charge in [-0.3, -0.25) is 4.79 Å². The van der Waals surface area contributed by atoms with Crippen molar-refractivity contribution in [2.75, 3.05) is 27.2 Å². The summed E-state index contributed by atoms with van der Waals surface area (Å²) in [4.78, 5) is 29.0. The summed E-state index contributed by atoms with van der Waals surface area (Å²) in [6.07, 6.45) is 5.76. The summed E-state index contributed by atoms with van der Waals surface area (Å²) in [5.74, 6) is 1.58. The van der Waals surface area contributed by atoms with Crippen LogP contribution in [-0.2, 0) is 18.3 Å². The summed E-state index contributed by atoms with van der Waals surface area (Å²) in [6, 6.07) is 7.81. The van der Waals surface area contributed by atoms with Crippen LogP contribution in [0.3, 0.4) is 0 Å². The van der Waals surface area contributed by atoms with Crippen LogP contribution < -0.4 is 10.1 Å². The topological polar surface area (TPSA) is 83.1 Å². The lowest BCUT2D eigenvalue weighted by Crippen LogP contribution is -2.71. The van der Waals surface area contributed by atoms with Gasteiger partial charge in [0.05, 0.1) is 35.0 Å². The maximum atomic E-state index is 13.3. The van der Waals surface area contributed by atoms with Crippen LogP contribution >= 0.6 is 0 Å². The van der Waals surface area contributed by atoms with Crippen LogP contribution in [-0.4, -0.2) is 58.5 Å². The van der Waals surface area contributed by atoms with Gasteiger partial charge >= 0.3 is 0 Å². The maximum Gasteiger partial charge on any atom is 0.253 e. The Labute approximate surface area is 186 Å². The van der Waals surface area contributed by atoms with Gasteiger partial charge in [-0.2, -0.15) is 0 Å². The number of carbonyl (C=O) groups is 1. The van der Waals surface area contributed by atoms with E-state index in [1.54, 1.807) is 7.11 Å². The van der Waals surface area contributed by atoms with Crippen LogP contribution in [0.5, 0.6) is 5.75 Å². The standard InChI is InChI=1S/C25H25N5O2/c1-30-12-24(13-30)21-18(23(31)29-25(24)9-10-25)17-8-5-15-11-26-22(28-19(15)20(17)27-21)14-3-6-16(32-2)7-4-14/h3-4,6-7,11,27H,5,8-10,12-13H2,1-2H3,(H,29,31). The Bertz CT molecular complexity index is 1280. The molecule has 7 nitrogen and oxygen atoms in total. The van der Waals surface area contributed by atoms with Gasteiger partial charge in [0.15, 0.2) is 5.82 Å². The number of hydrogen-bond donors (Lipinski definition) is 2. The number of benzene rings is 1. The number of aromatic nitrogens is 3. The SMILES string of the molecule is COc1ccc(-c2ncc3c(n2)-c2[nH]c4c(c2CC3)C(=O)NC2(CC2)C42CN(C)C2)cc1. The lowest BCUT2D eigenvalue weighted by Gasteiger charge is -2.55. The number of nitrogens with zero attached hydrogens (tertiary/aromatic N) is 3. The van der Waals surface area contributed by atoms with Gasteiger partial charge in [-0.1, -0.05) is 0 Å². The van der Waals surface area contributed by atoms with Crippen molar-refractivity contribution in [2.24, 2.45) is 0 Å². The Balaban J connectivity index is 1.38. The van der Waals surface area contributed by atoms with Crippen molar-refractivity contribution in [1.82, 2.24) is 25.2 Å². The highest BCUT2D eigenvalue weighted by Crippen LogP contribution is 2.59. The minimum atomic E-state index is -0.0696. The zero-order valence-electron chi connectivity index (χ0n) is 18.3. The molecule has 0 bridgehead atoms. The Morgan fingerprint density at radius 3 is 2.59 bits per heavy atom. The van der Waals surface area contributed by atoms with E-state index in [-0.39, 0.29) is 16.9 Å². The minimum absolute atomic E-state index is 0.00561. The molecule has 32 heavy (non-hydrogen) atoms. The van der Waals surface area contributed by atoms with Crippen molar-refractivity contribution >= 4 is 5.91 Å². The maximum absolute atomic E-state index is 13.3. The first-order chi connectivity index (χ1) is 15.5. The molecular formula is C25H25N5O2. The van der Waals surface area contributed by atoms with Gasteiger partial charge in [-0.15, -0.1) is 0 Å². The van der Waals surface area contributed by atoms with Gasteiger partial charge in [0, 0.05) is 30.5 Å². The Morgan fingerprint density at radius 2 is 1.91 bits per heavy atom. The third-order valence-electron chi connectivity index (χ3n) is 8.00. The van der Waals surface area contributed by atoms with E-state index in [4.69, 9.17) is 9.72 Å². The first-order valence-corrected chi connectivity index (χ1v) is 11.3.